The average molecular weight is 364 g/mol. The molecule has 0 aromatic carbocycles. The highest BCUT2D eigenvalue weighted by Gasteiger charge is 2.29. The molecule has 2 aromatic rings. The van der Waals surface area contributed by atoms with Gasteiger partial charge in [0.25, 0.3) is 5.91 Å². The first-order valence-electron chi connectivity index (χ1n) is 7.81. The van der Waals surface area contributed by atoms with Crippen LogP contribution in [-0.2, 0) is 4.79 Å². The fraction of sp³-hybridized carbons (Fsp3) is 0.375. The Morgan fingerprint density at radius 3 is 2.92 bits per heavy atom. The third kappa shape index (κ3) is 4.11. The molecule has 9 heteroatoms. The number of aromatic nitrogens is 2. The molecule has 1 aliphatic carbocycles. The summed E-state index contributed by atoms with van der Waals surface area (Å²) < 4.78 is 17.6. The van der Waals surface area contributed by atoms with E-state index in [1.54, 1.807) is 18.3 Å². The van der Waals surface area contributed by atoms with Crippen molar-refractivity contribution < 1.29 is 18.7 Å². The maximum Gasteiger partial charge on any atom is 0.266 e. The van der Waals surface area contributed by atoms with Crippen molar-refractivity contribution in [2.45, 2.75) is 12.8 Å². The molecule has 2 N–H and O–H groups in total. The van der Waals surface area contributed by atoms with Crippen LogP contribution in [0.3, 0.4) is 0 Å². The summed E-state index contributed by atoms with van der Waals surface area (Å²) >= 11 is 1.13. The summed E-state index contributed by atoms with van der Waals surface area (Å²) in [5.41, 5.74) is 0.686. The fourth-order valence-corrected chi connectivity index (χ4v) is 3.08. The summed E-state index contributed by atoms with van der Waals surface area (Å²) in [7, 11) is 1.50. The van der Waals surface area contributed by atoms with Gasteiger partial charge in [-0.2, -0.15) is 0 Å². The molecule has 132 valence electrons. The Hall–Kier alpha value is -2.55. The number of nitrogens with zero attached hydrogens (tertiary/aromatic N) is 2. The first kappa shape index (κ1) is 17.3. The molecule has 0 spiro atoms. The van der Waals surface area contributed by atoms with Gasteiger partial charge in [0.15, 0.2) is 4.88 Å². The number of halogens is 1. The second-order valence-electron chi connectivity index (χ2n) is 5.46. The number of thiazole rings is 1. The van der Waals surface area contributed by atoms with E-state index in [0.717, 1.165) is 24.2 Å². The van der Waals surface area contributed by atoms with Gasteiger partial charge in [0.05, 0.1) is 0 Å². The summed E-state index contributed by atoms with van der Waals surface area (Å²) in [6, 6.07) is 3.41. The van der Waals surface area contributed by atoms with Gasteiger partial charge in [-0.25, -0.2) is 14.4 Å². The summed E-state index contributed by atoms with van der Waals surface area (Å²) in [5.74, 6) is 0.205. The molecule has 2 amide bonds. The summed E-state index contributed by atoms with van der Waals surface area (Å²) in [6.07, 6.45) is 3.37. The van der Waals surface area contributed by atoms with Crippen LogP contribution in [0.15, 0.2) is 18.3 Å². The molecule has 0 atom stereocenters. The number of anilines is 1. The van der Waals surface area contributed by atoms with Gasteiger partial charge in [0, 0.05) is 24.7 Å². The van der Waals surface area contributed by atoms with Crippen molar-refractivity contribution >= 4 is 29.0 Å². The Labute approximate surface area is 147 Å². The monoisotopic (exact) mass is 364 g/mol. The number of rotatable bonds is 7. The minimum absolute atomic E-state index is 0.0400. The van der Waals surface area contributed by atoms with Gasteiger partial charge in [-0.3, -0.25) is 9.59 Å². The number of nitrogens with one attached hydrogen (secondary N) is 2. The van der Waals surface area contributed by atoms with Gasteiger partial charge in [-0.1, -0.05) is 0 Å². The molecule has 1 aliphatic rings. The van der Waals surface area contributed by atoms with Crippen LogP contribution in [0.4, 0.5) is 10.2 Å². The van der Waals surface area contributed by atoms with Crippen LogP contribution in [0.1, 0.15) is 22.5 Å². The van der Waals surface area contributed by atoms with E-state index in [0.29, 0.717) is 16.4 Å². The predicted octanol–water partition coefficient (Wildman–Crippen LogP) is 2.26. The maximum atomic E-state index is 12.4. The van der Waals surface area contributed by atoms with Crippen molar-refractivity contribution in [2.75, 3.05) is 25.6 Å². The number of ether oxygens (including phenoxy) is 1. The summed E-state index contributed by atoms with van der Waals surface area (Å²) in [5, 5.41) is 5.80. The lowest BCUT2D eigenvalue weighted by Crippen LogP contribution is -2.17. The third-order valence-electron chi connectivity index (χ3n) is 3.55. The normalized spacial score (nSPS) is 13.4. The van der Waals surface area contributed by atoms with Crippen LogP contribution in [0.5, 0.6) is 5.88 Å². The highest BCUT2D eigenvalue weighted by atomic mass is 32.1. The van der Waals surface area contributed by atoms with Crippen LogP contribution in [0, 0.1) is 5.92 Å². The van der Waals surface area contributed by atoms with Crippen LogP contribution in [0.2, 0.25) is 0 Å². The molecule has 0 aliphatic heterocycles. The average Bonchev–Trinajstić information content (AvgIpc) is 3.39. The van der Waals surface area contributed by atoms with Crippen LogP contribution in [0.25, 0.3) is 10.6 Å². The first-order valence-corrected chi connectivity index (χ1v) is 8.63. The number of pyridine rings is 1. The van der Waals surface area contributed by atoms with Gasteiger partial charge >= 0.3 is 0 Å². The van der Waals surface area contributed by atoms with Crippen molar-refractivity contribution in [3.8, 4) is 16.5 Å². The Kier molecular flexibility index (Phi) is 5.22. The Morgan fingerprint density at radius 1 is 1.44 bits per heavy atom. The van der Waals surface area contributed by atoms with Crippen molar-refractivity contribution in [2.24, 2.45) is 5.92 Å². The zero-order valence-corrected chi connectivity index (χ0v) is 14.4. The molecule has 3 rings (SSSR count). The van der Waals surface area contributed by atoms with Crippen molar-refractivity contribution in [1.82, 2.24) is 15.3 Å². The second-order valence-corrected chi connectivity index (χ2v) is 6.46. The predicted molar refractivity (Wildman–Crippen MR) is 91.6 cm³/mol. The summed E-state index contributed by atoms with van der Waals surface area (Å²) in [4.78, 5) is 32.5. The number of alkyl halides is 1. The zero-order chi connectivity index (χ0) is 17.8. The van der Waals surface area contributed by atoms with Crippen LogP contribution >= 0.6 is 11.3 Å². The summed E-state index contributed by atoms with van der Waals surface area (Å²) in [6.45, 7) is -0.848. The minimum atomic E-state index is -0.674. The van der Waals surface area contributed by atoms with Crippen molar-refractivity contribution in [3.05, 3.63) is 23.2 Å². The molecule has 1 saturated carbocycles. The van der Waals surface area contributed by atoms with E-state index < -0.39 is 6.67 Å². The minimum Gasteiger partial charge on any atom is -0.474 e. The van der Waals surface area contributed by atoms with Gasteiger partial charge in [0.1, 0.15) is 24.1 Å². The smallest absolute Gasteiger partial charge is 0.266 e. The Balaban J connectivity index is 1.86. The molecular formula is C16H17FN4O3S. The van der Waals surface area contributed by atoms with E-state index in [4.69, 9.17) is 4.74 Å². The lowest BCUT2D eigenvalue weighted by molar-refractivity contribution is -0.117. The van der Waals surface area contributed by atoms with Gasteiger partial charge < -0.3 is 15.4 Å². The number of hydrogen-bond donors (Lipinski definition) is 2. The van der Waals surface area contributed by atoms with E-state index in [-0.39, 0.29) is 35.1 Å². The van der Waals surface area contributed by atoms with E-state index in [1.165, 1.54) is 7.05 Å². The highest BCUT2D eigenvalue weighted by molar-refractivity contribution is 7.17. The first-order chi connectivity index (χ1) is 12.1. The molecule has 25 heavy (non-hydrogen) atoms. The van der Waals surface area contributed by atoms with E-state index in [2.05, 4.69) is 20.6 Å². The van der Waals surface area contributed by atoms with Crippen LogP contribution in [-0.4, -0.2) is 42.1 Å². The SMILES string of the molecule is CNC(=O)c1sc(-c2ccnc(NC(=O)C3CC3)c2)nc1OCCF. The number of amides is 2. The number of carbonyl (C=O) groups excluding carboxylic acids is 2. The Bertz CT molecular complexity index is 791. The largest absolute Gasteiger partial charge is 0.474 e. The molecule has 2 heterocycles. The Morgan fingerprint density at radius 2 is 2.24 bits per heavy atom. The van der Waals surface area contributed by atoms with Gasteiger partial charge in [-0.05, 0) is 25.0 Å². The topological polar surface area (TPSA) is 93.2 Å². The van der Waals surface area contributed by atoms with Crippen molar-refractivity contribution in [3.63, 3.8) is 0 Å². The molecular weight excluding hydrogens is 347 g/mol. The molecule has 0 unspecified atom stereocenters. The molecule has 2 aromatic heterocycles. The van der Waals surface area contributed by atoms with Crippen LogP contribution < -0.4 is 15.4 Å². The van der Waals surface area contributed by atoms with E-state index >= 15 is 0 Å². The molecule has 7 nitrogen and oxygen atoms in total. The van der Waals surface area contributed by atoms with Crippen molar-refractivity contribution in [1.29, 1.82) is 0 Å². The standard InChI is InChI=1S/C16H17FN4O3S/c1-18-14(23)12-15(24-7-5-17)21-16(25-12)10-4-6-19-11(8-10)20-13(22)9-2-3-9/h4,6,8-9H,2-3,5,7H2,1H3,(H,18,23)(H,19,20,22). The number of carbonyl (C=O) groups is 2. The van der Waals surface area contributed by atoms with E-state index in [9.17, 15) is 14.0 Å². The third-order valence-corrected chi connectivity index (χ3v) is 4.64. The highest BCUT2D eigenvalue weighted by Crippen LogP contribution is 2.34. The molecule has 1 fully saturated rings. The zero-order valence-electron chi connectivity index (χ0n) is 13.5. The molecule has 0 radical (unpaired) electrons. The molecule has 0 bridgehead atoms. The fourth-order valence-electron chi connectivity index (χ4n) is 2.13. The van der Waals surface area contributed by atoms with E-state index in [1.807, 2.05) is 0 Å². The quantitative estimate of drug-likeness (QED) is 0.786. The molecule has 0 saturated heterocycles. The lowest BCUT2D eigenvalue weighted by Gasteiger charge is -2.04. The lowest BCUT2D eigenvalue weighted by atomic mass is 10.2. The maximum absolute atomic E-state index is 12.4. The van der Waals surface area contributed by atoms with Gasteiger partial charge in [-0.15, -0.1) is 11.3 Å². The van der Waals surface area contributed by atoms with Gasteiger partial charge in [0.2, 0.25) is 11.8 Å². The number of hydrogen-bond acceptors (Lipinski definition) is 6. The second kappa shape index (κ2) is 7.56.